The number of aliphatic hydroxyl groups excluding tert-OH is 1. The molecule has 0 radical (unpaired) electrons. The molecule has 3 atom stereocenters. The van der Waals surface area contributed by atoms with Gasteiger partial charge in [-0.25, -0.2) is 9.97 Å². The van der Waals surface area contributed by atoms with Crippen molar-refractivity contribution >= 4 is 35.5 Å². The molecule has 1 aliphatic carbocycles. The summed E-state index contributed by atoms with van der Waals surface area (Å²) in [7, 11) is 0. The minimum absolute atomic E-state index is 0. The summed E-state index contributed by atoms with van der Waals surface area (Å²) in [5.74, 6) is -0.112. The van der Waals surface area contributed by atoms with Crippen LogP contribution >= 0.6 is 12.4 Å². The van der Waals surface area contributed by atoms with E-state index in [4.69, 9.17) is 5.73 Å². The molecule has 2 aromatic carbocycles. The first-order chi connectivity index (χ1) is 17.6. The molecule has 11 heteroatoms. The van der Waals surface area contributed by atoms with Crippen LogP contribution in [0.1, 0.15) is 42.9 Å². The second-order valence-corrected chi connectivity index (χ2v) is 9.73. The maximum Gasteiger partial charge on any atom is 0.416 e. The highest BCUT2D eigenvalue weighted by molar-refractivity contribution is 5.88. The molecule has 0 spiro atoms. The number of nitrogens with two attached hydrogens (primary N) is 1. The SMILES string of the molecule is CC1CCC(C(N)=O)N1c1cc(C(F)(F)F)ccc1-c1cc(Nc2cccc3c2CC(O)CC3)ncn1.Cl. The normalized spacial score (nSPS) is 21.0. The van der Waals surface area contributed by atoms with E-state index in [2.05, 4.69) is 15.3 Å². The number of fused-ring (bicyclic) bond motifs is 1. The van der Waals surface area contributed by atoms with Gasteiger partial charge < -0.3 is 21.1 Å². The minimum atomic E-state index is -4.55. The van der Waals surface area contributed by atoms with Gasteiger partial charge in [-0.15, -0.1) is 12.4 Å². The molecule has 202 valence electrons. The molecule has 7 nitrogen and oxygen atoms in total. The van der Waals surface area contributed by atoms with Gasteiger partial charge in [0.2, 0.25) is 5.91 Å². The van der Waals surface area contributed by atoms with Crippen molar-refractivity contribution in [2.24, 2.45) is 5.73 Å². The number of nitrogens with zero attached hydrogens (tertiary/aromatic N) is 3. The van der Waals surface area contributed by atoms with Crippen LogP contribution in [-0.4, -0.2) is 39.2 Å². The van der Waals surface area contributed by atoms with E-state index in [1.807, 2.05) is 25.1 Å². The van der Waals surface area contributed by atoms with Crippen molar-refractivity contribution in [2.45, 2.75) is 63.4 Å². The first-order valence-corrected chi connectivity index (χ1v) is 12.3. The summed E-state index contributed by atoms with van der Waals surface area (Å²) in [4.78, 5) is 22.5. The van der Waals surface area contributed by atoms with E-state index in [1.165, 1.54) is 12.4 Å². The van der Waals surface area contributed by atoms with E-state index in [-0.39, 0.29) is 24.1 Å². The van der Waals surface area contributed by atoms with Gasteiger partial charge in [0.15, 0.2) is 0 Å². The molecule has 38 heavy (non-hydrogen) atoms. The number of nitrogens with one attached hydrogen (secondary N) is 1. The van der Waals surface area contributed by atoms with Crippen molar-refractivity contribution in [2.75, 3.05) is 10.2 Å². The Kier molecular flexibility index (Phi) is 7.85. The fraction of sp³-hybridized carbons (Fsp3) is 0.370. The first kappa shape index (κ1) is 27.7. The lowest BCUT2D eigenvalue weighted by Gasteiger charge is -2.31. The minimum Gasteiger partial charge on any atom is -0.393 e. The van der Waals surface area contributed by atoms with Crippen molar-refractivity contribution in [3.63, 3.8) is 0 Å². The topological polar surface area (TPSA) is 104 Å². The van der Waals surface area contributed by atoms with Crippen molar-refractivity contribution in [1.29, 1.82) is 0 Å². The van der Waals surface area contributed by atoms with Crippen LogP contribution in [0.15, 0.2) is 48.8 Å². The summed E-state index contributed by atoms with van der Waals surface area (Å²) in [6.07, 6.45) is -0.487. The quantitative estimate of drug-likeness (QED) is 0.414. The summed E-state index contributed by atoms with van der Waals surface area (Å²) in [5.41, 5.74) is 8.92. The Morgan fingerprint density at radius 1 is 1.13 bits per heavy atom. The smallest absolute Gasteiger partial charge is 0.393 e. The van der Waals surface area contributed by atoms with Gasteiger partial charge in [0, 0.05) is 35.5 Å². The molecule has 2 heterocycles. The Labute approximate surface area is 224 Å². The number of aliphatic hydroxyl groups is 1. The van der Waals surface area contributed by atoms with Crippen molar-refractivity contribution < 1.29 is 23.1 Å². The van der Waals surface area contributed by atoms with Crippen LogP contribution in [0.5, 0.6) is 0 Å². The largest absolute Gasteiger partial charge is 0.416 e. The van der Waals surface area contributed by atoms with Crippen molar-refractivity contribution in [1.82, 2.24) is 9.97 Å². The van der Waals surface area contributed by atoms with Crippen LogP contribution in [0, 0.1) is 0 Å². The molecule has 1 aromatic heterocycles. The summed E-state index contributed by atoms with van der Waals surface area (Å²) < 4.78 is 41.0. The number of carbonyl (C=O) groups excluding carboxylic acids is 1. The number of hydrogen-bond donors (Lipinski definition) is 3. The summed E-state index contributed by atoms with van der Waals surface area (Å²) in [6.45, 7) is 1.87. The van der Waals surface area contributed by atoms with E-state index in [9.17, 15) is 23.1 Å². The first-order valence-electron chi connectivity index (χ1n) is 12.3. The molecule has 3 unspecified atom stereocenters. The molecule has 1 saturated heterocycles. The van der Waals surface area contributed by atoms with Crippen LogP contribution in [0.2, 0.25) is 0 Å². The second kappa shape index (κ2) is 10.8. The van der Waals surface area contributed by atoms with Crippen LogP contribution in [0.4, 0.5) is 30.4 Å². The van der Waals surface area contributed by atoms with Gasteiger partial charge in [-0.2, -0.15) is 13.2 Å². The molecule has 4 N–H and O–H groups in total. The maximum absolute atomic E-state index is 13.7. The monoisotopic (exact) mass is 547 g/mol. The molecule has 1 aliphatic heterocycles. The molecular weight excluding hydrogens is 519 g/mol. The Balaban J connectivity index is 0.00000336. The Morgan fingerprint density at radius 3 is 2.66 bits per heavy atom. The van der Waals surface area contributed by atoms with Gasteiger partial charge in [0.05, 0.1) is 17.4 Å². The van der Waals surface area contributed by atoms with Crippen LogP contribution in [0.25, 0.3) is 11.3 Å². The lowest BCUT2D eigenvalue weighted by atomic mass is 9.88. The van der Waals surface area contributed by atoms with E-state index in [0.29, 0.717) is 42.8 Å². The number of rotatable bonds is 5. The zero-order valence-electron chi connectivity index (χ0n) is 20.7. The third-order valence-corrected chi connectivity index (χ3v) is 7.27. The van der Waals surface area contributed by atoms with Gasteiger partial charge in [0.25, 0.3) is 0 Å². The summed E-state index contributed by atoms with van der Waals surface area (Å²) >= 11 is 0. The molecule has 1 amide bonds. The number of hydrogen-bond acceptors (Lipinski definition) is 6. The Bertz CT molecular complexity index is 1340. The summed E-state index contributed by atoms with van der Waals surface area (Å²) in [5, 5.41) is 13.5. The number of alkyl halides is 3. The van der Waals surface area contributed by atoms with Gasteiger partial charge >= 0.3 is 6.18 Å². The van der Waals surface area contributed by atoms with E-state index >= 15 is 0 Å². The summed E-state index contributed by atoms with van der Waals surface area (Å²) in [6, 6.07) is 10.1. The molecule has 0 saturated carbocycles. The van der Waals surface area contributed by atoms with E-state index in [1.54, 1.807) is 11.0 Å². The fourth-order valence-electron chi connectivity index (χ4n) is 5.41. The predicted molar refractivity (Wildman–Crippen MR) is 142 cm³/mol. The van der Waals surface area contributed by atoms with Gasteiger partial charge in [-0.3, -0.25) is 4.79 Å². The Hall–Kier alpha value is -3.37. The zero-order chi connectivity index (χ0) is 26.3. The molecular formula is C27H29ClF3N5O2. The van der Waals surface area contributed by atoms with Crippen LogP contribution in [-0.2, 0) is 23.8 Å². The number of halogens is 4. The van der Waals surface area contributed by atoms with E-state index in [0.717, 1.165) is 35.4 Å². The van der Waals surface area contributed by atoms with Crippen LogP contribution in [0.3, 0.4) is 0 Å². The Morgan fingerprint density at radius 2 is 1.92 bits per heavy atom. The fourth-order valence-corrected chi connectivity index (χ4v) is 5.41. The molecule has 5 rings (SSSR count). The van der Waals surface area contributed by atoms with Crippen LogP contribution < -0.4 is 16.0 Å². The molecule has 0 bridgehead atoms. The lowest BCUT2D eigenvalue weighted by molar-refractivity contribution is -0.137. The standard InChI is InChI=1S/C27H28F3N5O2.ClH/c1-15-5-10-23(26(31)37)35(15)24-11-17(27(28,29)30)7-9-19(24)22-13-25(33-14-32-22)34-21-4-2-3-16-6-8-18(36)12-20(16)21;/h2-4,7,9,11,13-15,18,23,36H,5-6,8,10,12H2,1H3,(H2,31,37)(H,32,33,34);1H. The average molecular weight is 548 g/mol. The number of carbonyl (C=O) groups is 1. The van der Waals surface area contributed by atoms with Crippen molar-refractivity contribution in [3.8, 4) is 11.3 Å². The zero-order valence-corrected chi connectivity index (χ0v) is 21.5. The number of amides is 1. The third-order valence-electron chi connectivity index (χ3n) is 7.27. The van der Waals surface area contributed by atoms with Gasteiger partial charge in [-0.05, 0) is 61.9 Å². The van der Waals surface area contributed by atoms with Gasteiger partial charge in [-0.1, -0.05) is 18.2 Å². The number of benzene rings is 2. The number of aryl methyl sites for hydroxylation is 1. The molecule has 3 aromatic rings. The second-order valence-electron chi connectivity index (χ2n) is 9.73. The number of anilines is 3. The lowest BCUT2D eigenvalue weighted by Crippen LogP contribution is -2.43. The number of primary amides is 1. The molecule has 2 aliphatic rings. The predicted octanol–water partition coefficient (Wildman–Crippen LogP) is 5.02. The highest BCUT2D eigenvalue weighted by Gasteiger charge is 2.38. The average Bonchev–Trinajstić information content (AvgIpc) is 3.25. The highest BCUT2D eigenvalue weighted by atomic mass is 35.5. The molecule has 1 fully saturated rings. The van der Waals surface area contributed by atoms with Gasteiger partial charge in [0.1, 0.15) is 18.2 Å². The number of aromatic nitrogens is 2. The maximum atomic E-state index is 13.7. The van der Waals surface area contributed by atoms with E-state index < -0.39 is 29.8 Å². The third kappa shape index (κ3) is 5.42. The van der Waals surface area contributed by atoms with Crippen molar-refractivity contribution in [3.05, 3.63) is 65.5 Å². The highest BCUT2D eigenvalue weighted by Crippen LogP contribution is 2.41.